The van der Waals surface area contributed by atoms with Crippen LogP contribution in [0.3, 0.4) is 0 Å². The normalized spacial score (nSPS) is 16.4. The Labute approximate surface area is 203 Å². The van der Waals surface area contributed by atoms with Crippen molar-refractivity contribution in [1.82, 2.24) is 20.2 Å². The van der Waals surface area contributed by atoms with Crippen molar-refractivity contribution in [2.45, 2.75) is 50.7 Å². The Bertz CT molecular complexity index is 1130. The van der Waals surface area contributed by atoms with E-state index in [1.54, 1.807) is 0 Å². The summed E-state index contributed by atoms with van der Waals surface area (Å²) in [6, 6.07) is 10.1. The zero-order valence-electron chi connectivity index (χ0n) is 19.5. The fourth-order valence-electron chi connectivity index (χ4n) is 4.27. The highest BCUT2D eigenvalue weighted by atomic mass is 32.2. The number of benzene rings is 1. The Hall–Kier alpha value is -2.16. The fourth-order valence-corrected chi connectivity index (χ4v) is 6.00. The Morgan fingerprint density at radius 1 is 1.24 bits per heavy atom. The first-order valence-corrected chi connectivity index (χ1v) is 13.5. The van der Waals surface area contributed by atoms with Crippen LogP contribution in [0.2, 0.25) is 0 Å². The van der Waals surface area contributed by atoms with Crippen LogP contribution in [0.5, 0.6) is 0 Å². The first-order chi connectivity index (χ1) is 15.9. The molecule has 0 spiro atoms. The summed E-state index contributed by atoms with van der Waals surface area (Å²) in [4.78, 5) is 36.3. The van der Waals surface area contributed by atoms with Crippen LogP contribution in [-0.4, -0.2) is 51.7 Å². The molecular weight excluding hydrogens is 452 g/mol. The van der Waals surface area contributed by atoms with Gasteiger partial charge in [0.15, 0.2) is 0 Å². The minimum Gasteiger partial charge on any atom is -0.352 e. The molecule has 1 atom stereocenters. The second-order valence-electron chi connectivity index (χ2n) is 9.14. The van der Waals surface area contributed by atoms with Crippen molar-refractivity contribution in [1.29, 1.82) is 0 Å². The molecule has 6 nitrogen and oxygen atoms in total. The van der Waals surface area contributed by atoms with Crippen molar-refractivity contribution >= 4 is 39.2 Å². The van der Waals surface area contributed by atoms with Crippen LogP contribution in [-0.2, 0) is 10.5 Å². The molecule has 1 aliphatic rings. The van der Waals surface area contributed by atoms with E-state index in [1.165, 1.54) is 23.1 Å². The zero-order valence-corrected chi connectivity index (χ0v) is 21.1. The van der Waals surface area contributed by atoms with E-state index in [1.807, 2.05) is 42.6 Å². The molecule has 1 saturated heterocycles. The summed E-state index contributed by atoms with van der Waals surface area (Å²) in [7, 11) is 0. The number of nitrogens with zero attached hydrogens (tertiary/aromatic N) is 2. The number of carbonyl (C=O) groups excluding carboxylic acids is 1. The highest BCUT2D eigenvalue weighted by Crippen LogP contribution is 2.30. The van der Waals surface area contributed by atoms with Crippen LogP contribution in [0.25, 0.3) is 21.3 Å². The molecule has 0 unspecified atom stereocenters. The number of carbonyl (C=O) groups is 1. The van der Waals surface area contributed by atoms with Crippen LogP contribution < -0.4 is 10.9 Å². The van der Waals surface area contributed by atoms with E-state index in [0.717, 1.165) is 48.4 Å². The van der Waals surface area contributed by atoms with E-state index in [2.05, 4.69) is 34.0 Å². The molecule has 33 heavy (non-hydrogen) atoms. The van der Waals surface area contributed by atoms with E-state index in [0.29, 0.717) is 22.9 Å². The molecule has 0 bridgehead atoms. The first-order valence-electron chi connectivity index (χ1n) is 11.6. The Morgan fingerprint density at radius 3 is 2.67 bits per heavy atom. The fraction of sp³-hybridized carbons (Fsp3) is 0.480. The van der Waals surface area contributed by atoms with Gasteiger partial charge < -0.3 is 15.2 Å². The van der Waals surface area contributed by atoms with Gasteiger partial charge in [0.05, 0.1) is 16.4 Å². The standard InChI is InChI=1S/C25H32N4O2S2/c1-16(2)13-29-11-9-19(10-12-29)26-23(30)17(3)32-15-21-27-24(31)22-20(14-33-25(22)28-21)18-7-5-4-6-8-18/h4-8,14,16-17,19H,9-13,15H2,1-3H3,(H,26,30)(H,27,28,31)/t17-/m0/s1. The third-order valence-electron chi connectivity index (χ3n) is 5.97. The van der Waals surface area contributed by atoms with Crippen LogP contribution in [0, 0.1) is 5.92 Å². The second-order valence-corrected chi connectivity index (χ2v) is 11.3. The van der Waals surface area contributed by atoms with Gasteiger partial charge in [-0.05, 0) is 31.2 Å². The Kier molecular flexibility index (Phi) is 7.88. The average Bonchev–Trinajstić information content (AvgIpc) is 3.23. The quantitative estimate of drug-likeness (QED) is 0.492. The number of thioether (sulfide) groups is 1. The van der Waals surface area contributed by atoms with Crippen LogP contribution >= 0.6 is 23.1 Å². The van der Waals surface area contributed by atoms with Gasteiger partial charge in [0.2, 0.25) is 5.91 Å². The third kappa shape index (κ3) is 6.05. The number of rotatable bonds is 8. The third-order valence-corrected chi connectivity index (χ3v) is 8.00. The van der Waals surface area contributed by atoms with Gasteiger partial charge in [0, 0.05) is 36.6 Å². The molecule has 3 aromatic rings. The predicted molar refractivity (Wildman–Crippen MR) is 139 cm³/mol. The molecule has 1 aliphatic heterocycles. The lowest BCUT2D eigenvalue weighted by molar-refractivity contribution is -0.121. The topological polar surface area (TPSA) is 78.1 Å². The molecule has 0 saturated carbocycles. The Morgan fingerprint density at radius 2 is 1.97 bits per heavy atom. The maximum absolute atomic E-state index is 12.8. The maximum Gasteiger partial charge on any atom is 0.260 e. The average molecular weight is 485 g/mol. The molecule has 8 heteroatoms. The molecule has 0 radical (unpaired) electrons. The number of thiophene rings is 1. The molecule has 2 aromatic heterocycles. The van der Waals surface area contributed by atoms with E-state index in [4.69, 9.17) is 0 Å². The smallest absolute Gasteiger partial charge is 0.260 e. The van der Waals surface area contributed by atoms with Gasteiger partial charge in [-0.25, -0.2) is 4.98 Å². The minimum atomic E-state index is -0.206. The van der Waals surface area contributed by atoms with Crippen molar-refractivity contribution < 1.29 is 4.79 Å². The molecule has 0 aliphatic carbocycles. The van der Waals surface area contributed by atoms with Gasteiger partial charge in [-0.2, -0.15) is 0 Å². The van der Waals surface area contributed by atoms with Crippen molar-refractivity contribution in [2.24, 2.45) is 5.92 Å². The van der Waals surface area contributed by atoms with Gasteiger partial charge >= 0.3 is 0 Å². The summed E-state index contributed by atoms with van der Waals surface area (Å²) in [5.74, 6) is 1.84. The number of H-pyrrole nitrogens is 1. The van der Waals surface area contributed by atoms with E-state index < -0.39 is 0 Å². The molecule has 3 heterocycles. The van der Waals surface area contributed by atoms with Gasteiger partial charge in [-0.1, -0.05) is 44.2 Å². The second kappa shape index (κ2) is 10.8. The monoisotopic (exact) mass is 484 g/mol. The maximum atomic E-state index is 12.8. The van der Waals surface area contributed by atoms with Crippen molar-refractivity contribution in [3.05, 3.63) is 51.9 Å². The lowest BCUT2D eigenvalue weighted by atomic mass is 10.0. The largest absolute Gasteiger partial charge is 0.352 e. The van der Waals surface area contributed by atoms with E-state index >= 15 is 0 Å². The van der Waals surface area contributed by atoms with E-state index in [9.17, 15) is 9.59 Å². The molecule has 1 aromatic carbocycles. The molecule has 1 amide bonds. The van der Waals surface area contributed by atoms with Gasteiger partial charge in [0.1, 0.15) is 10.7 Å². The highest BCUT2D eigenvalue weighted by molar-refractivity contribution is 7.99. The summed E-state index contributed by atoms with van der Waals surface area (Å²) in [6.07, 6.45) is 2.01. The predicted octanol–water partition coefficient (Wildman–Crippen LogP) is 4.51. The highest BCUT2D eigenvalue weighted by Gasteiger charge is 2.23. The first kappa shape index (κ1) is 24.0. The Balaban J connectivity index is 1.33. The molecule has 1 fully saturated rings. The lowest BCUT2D eigenvalue weighted by Gasteiger charge is -2.33. The van der Waals surface area contributed by atoms with E-state index in [-0.39, 0.29) is 22.8 Å². The van der Waals surface area contributed by atoms with Gasteiger partial charge in [-0.15, -0.1) is 23.1 Å². The van der Waals surface area contributed by atoms with Crippen molar-refractivity contribution in [3.8, 4) is 11.1 Å². The number of likely N-dealkylation sites (tertiary alicyclic amines) is 1. The van der Waals surface area contributed by atoms with Crippen molar-refractivity contribution in [2.75, 3.05) is 19.6 Å². The summed E-state index contributed by atoms with van der Waals surface area (Å²) in [5, 5.41) is 5.63. The molecular formula is C25H32N4O2S2. The molecule has 176 valence electrons. The number of aromatic nitrogens is 2. The number of nitrogens with one attached hydrogen (secondary N) is 2. The van der Waals surface area contributed by atoms with Gasteiger partial charge in [-0.3, -0.25) is 9.59 Å². The molecule has 4 rings (SSSR count). The summed E-state index contributed by atoms with van der Waals surface area (Å²) >= 11 is 2.99. The SMILES string of the molecule is CC(C)CN1CCC(NC(=O)[C@H](C)SCc2nc3scc(-c4ccccc4)c3c(=O)[nH]2)CC1. The number of amides is 1. The molecule has 2 N–H and O–H groups in total. The number of fused-ring (bicyclic) bond motifs is 1. The zero-order chi connectivity index (χ0) is 23.4. The number of piperidine rings is 1. The number of aromatic amines is 1. The van der Waals surface area contributed by atoms with Crippen LogP contribution in [0.1, 0.15) is 39.4 Å². The summed E-state index contributed by atoms with van der Waals surface area (Å²) in [5.41, 5.74) is 1.80. The van der Waals surface area contributed by atoms with Crippen LogP contribution in [0.4, 0.5) is 0 Å². The minimum absolute atomic E-state index is 0.0632. The van der Waals surface area contributed by atoms with Crippen LogP contribution in [0.15, 0.2) is 40.5 Å². The number of hydrogen-bond donors (Lipinski definition) is 2. The summed E-state index contributed by atoms with van der Waals surface area (Å²) in [6.45, 7) is 9.62. The number of hydrogen-bond acceptors (Lipinski definition) is 6. The van der Waals surface area contributed by atoms with Gasteiger partial charge in [0.25, 0.3) is 5.56 Å². The summed E-state index contributed by atoms with van der Waals surface area (Å²) < 4.78 is 0. The van der Waals surface area contributed by atoms with Crippen molar-refractivity contribution in [3.63, 3.8) is 0 Å². The lowest BCUT2D eigenvalue weighted by Crippen LogP contribution is -2.47.